The van der Waals surface area contributed by atoms with E-state index in [0.717, 1.165) is 47.5 Å². The van der Waals surface area contributed by atoms with Gasteiger partial charge in [-0.15, -0.1) is 5.10 Å². The average molecular weight is 542 g/mol. The van der Waals surface area contributed by atoms with Crippen molar-refractivity contribution in [2.75, 3.05) is 20.1 Å². The Labute approximate surface area is 234 Å². The highest BCUT2D eigenvalue weighted by Crippen LogP contribution is 2.47. The van der Waals surface area contributed by atoms with Crippen LogP contribution in [-0.4, -0.2) is 60.5 Å². The molecule has 1 aliphatic heterocycles. The molecule has 1 amide bonds. The van der Waals surface area contributed by atoms with Crippen LogP contribution in [0.15, 0.2) is 78.2 Å². The van der Waals surface area contributed by atoms with E-state index in [1.165, 1.54) is 21.6 Å². The molecule has 8 nitrogen and oxygen atoms in total. The van der Waals surface area contributed by atoms with Crippen LogP contribution in [0.5, 0.6) is 0 Å². The van der Waals surface area contributed by atoms with Crippen molar-refractivity contribution in [3.8, 4) is 0 Å². The molecule has 5 rings (SSSR count). The second-order valence-corrected chi connectivity index (χ2v) is 11.5. The van der Waals surface area contributed by atoms with Crippen molar-refractivity contribution in [2.45, 2.75) is 37.6 Å². The Morgan fingerprint density at radius 1 is 1.21 bits per heavy atom. The summed E-state index contributed by atoms with van der Waals surface area (Å²) in [5.74, 6) is 0.410. The fourth-order valence-electron chi connectivity index (χ4n) is 5.72. The molecule has 4 aromatic rings. The van der Waals surface area contributed by atoms with Gasteiger partial charge in [-0.3, -0.25) is 4.79 Å². The summed E-state index contributed by atoms with van der Waals surface area (Å²) in [6.45, 7) is 8.40. The molecule has 0 bridgehead atoms. The van der Waals surface area contributed by atoms with Gasteiger partial charge in [-0.05, 0) is 73.0 Å². The van der Waals surface area contributed by atoms with Gasteiger partial charge in [0.15, 0.2) is 5.03 Å². The zero-order chi connectivity index (χ0) is 27.6. The Hall–Kier alpha value is -3.69. The van der Waals surface area contributed by atoms with E-state index >= 15 is 0 Å². The van der Waals surface area contributed by atoms with E-state index in [4.69, 9.17) is 5.10 Å². The molecule has 3 heterocycles. The molecule has 1 saturated heterocycles. The number of hydrogen-bond acceptors (Lipinski definition) is 6. The van der Waals surface area contributed by atoms with Gasteiger partial charge in [0.1, 0.15) is 0 Å². The van der Waals surface area contributed by atoms with Crippen molar-refractivity contribution in [3.63, 3.8) is 0 Å². The number of nitrogens with zero attached hydrogens (tertiary/aromatic N) is 7. The number of carbonyl (C=O) groups is 1. The van der Waals surface area contributed by atoms with Crippen LogP contribution in [0, 0.1) is 12.8 Å². The maximum absolute atomic E-state index is 11.3. The molecule has 2 aromatic carbocycles. The van der Waals surface area contributed by atoms with Crippen molar-refractivity contribution < 1.29 is 4.79 Å². The van der Waals surface area contributed by atoms with Gasteiger partial charge in [-0.2, -0.15) is 15.0 Å². The monoisotopic (exact) mass is 541 g/mol. The van der Waals surface area contributed by atoms with Crippen molar-refractivity contribution in [1.29, 1.82) is 0 Å². The van der Waals surface area contributed by atoms with E-state index in [0.29, 0.717) is 5.92 Å². The first-order valence-corrected chi connectivity index (χ1v) is 13.9. The summed E-state index contributed by atoms with van der Waals surface area (Å²) in [5, 5.41) is 15.5. The lowest BCUT2D eigenvalue weighted by Crippen LogP contribution is -2.37. The highest BCUT2D eigenvalue weighted by molar-refractivity contribution is 7.97. The Morgan fingerprint density at radius 2 is 2.00 bits per heavy atom. The Morgan fingerprint density at radius 3 is 2.69 bits per heavy atom. The Balaban J connectivity index is 1.59. The first-order valence-electron chi connectivity index (χ1n) is 13.2. The Bertz CT molecular complexity index is 1520. The standard InChI is InChI=1S/C30H35N7OS/c1-6-10-26(19-34(4)21-38)37-28-13-22(2)27(14-25(28)16-32-37)30(15-24-11-8-7-9-12-24)20-36(18-23(30)3)39-29-17-31-35(5)33-29/h6-14,16-17,19,21,23H,15,18,20H2,1-5H3/b10-6-,26-19+. The van der Waals surface area contributed by atoms with Crippen molar-refractivity contribution in [2.24, 2.45) is 13.0 Å². The quantitative estimate of drug-likeness (QED) is 0.167. The van der Waals surface area contributed by atoms with Crippen LogP contribution < -0.4 is 0 Å². The molecule has 2 atom stereocenters. The number of aryl methyl sites for hydroxylation is 2. The second-order valence-electron chi connectivity index (χ2n) is 10.4. The zero-order valence-corrected chi connectivity index (χ0v) is 24.0. The summed E-state index contributed by atoms with van der Waals surface area (Å²) < 4.78 is 4.34. The summed E-state index contributed by atoms with van der Waals surface area (Å²) >= 11 is 1.69. The summed E-state index contributed by atoms with van der Waals surface area (Å²) in [7, 11) is 3.58. The largest absolute Gasteiger partial charge is 0.323 e. The number of rotatable bonds is 9. The lowest BCUT2D eigenvalue weighted by molar-refractivity contribution is -0.114. The molecule has 0 spiro atoms. The van der Waals surface area contributed by atoms with Crippen LogP contribution in [0.1, 0.15) is 30.5 Å². The minimum Gasteiger partial charge on any atom is -0.323 e. The summed E-state index contributed by atoms with van der Waals surface area (Å²) in [6, 6.07) is 15.4. The zero-order valence-electron chi connectivity index (χ0n) is 23.2. The molecule has 202 valence electrons. The molecule has 0 N–H and O–H groups in total. The minimum atomic E-state index is -0.0866. The summed E-state index contributed by atoms with van der Waals surface area (Å²) in [4.78, 5) is 14.4. The van der Waals surface area contributed by atoms with Crippen LogP contribution in [0.25, 0.3) is 16.6 Å². The molecular weight excluding hydrogens is 506 g/mol. The lowest BCUT2D eigenvalue weighted by Gasteiger charge is -2.35. The third-order valence-corrected chi connectivity index (χ3v) is 8.49. The van der Waals surface area contributed by atoms with Gasteiger partial charge >= 0.3 is 0 Å². The van der Waals surface area contributed by atoms with Crippen LogP contribution in [0.3, 0.4) is 0 Å². The summed E-state index contributed by atoms with van der Waals surface area (Å²) in [6.07, 6.45) is 11.2. The van der Waals surface area contributed by atoms with Gasteiger partial charge in [-0.25, -0.2) is 8.99 Å². The molecule has 1 fully saturated rings. The van der Waals surface area contributed by atoms with Crippen molar-refractivity contribution in [3.05, 3.63) is 89.9 Å². The second kappa shape index (κ2) is 11.2. The summed E-state index contributed by atoms with van der Waals surface area (Å²) in [5.41, 5.74) is 5.69. The van der Waals surface area contributed by atoms with E-state index in [9.17, 15) is 4.79 Å². The van der Waals surface area contributed by atoms with E-state index < -0.39 is 0 Å². The van der Waals surface area contributed by atoms with Gasteiger partial charge < -0.3 is 4.90 Å². The minimum absolute atomic E-state index is 0.0866. The first-order chi connectivity index (χ1) is 18.8. The molecule has 2 unspecified atom stereocenters. The van der Waals surface area contributed by atoms with Gasteiger partial charge in [0.05, 0.1) is 23.6 Å². The van der Waals surface area contributed by atoms with E-state index in [1.54, 1.807) is 30.0 Å². The predicted molar refractivity (Wildman–Crippen MR) is 157 cm³/mol. The molecule has 2 aromatic heterocycles. The van der Waals surface area contributed by atoms with E-state index in [2.05, 4.69) is 70.8 Å². The molecule has 9 heteroatoms. The third kappa shape index (κ3) is 5.42. The molecular formula is C30H35N7OS. The van der Waals surface area contributed by atoms with E-state index in [1.807, 2.05) is 43.2 Å². The van der Waals surface area contributed by atoms with Gasteiger partial charge in [0, 0.05) is 44.2 Å². The number of amides is 1. The maximum Gasteiger partial charge on any atom is 0.213 e. The van der Waals surface area contributed by atoms with Crippen molar-refractivity contribution >= 4 is 35.0 Å². The number of allylic oxidation sites excluding steroid dienone is 3. The van der Waals surface area contributed by atoms with Crippen LogP contribution >= 0.6 is 11.9 Å². The van der Waals surface area contributed by atoms with Gasteiger partial charge in [-0.1, -0.05) is 43.3 Å². The molecule has 0 saturated carbocycles. The van der Waals surface area contributed by atoms with E-state index in [-0.39, 0.29) is 5.41 Å². The number of aromatic nitrogens is 5. The van der Waals surface area contributed by atoms with Crippen LogP contribution in [0.2, 0.25) is 0 Å². The SMILES string of the molecule is C/C=C\C(=C/N(C)C=O)n1ncc2cc(C3(Cc4ccccc4)CN(Sc4cnn(C)n4)CC3C)c(C)cc21. The number of hydrogen-bond donors (Lipinski definition) is 0. The highest BCUT2D eigenvalue weighted by atomic mass is 32.2. The topological polar surface area (TPSA) is 72.1 Å². The van der Waals surface area contributed by atoms with Gasteiger partial charge in [0.25, 0.3) is 0 Å². The first kappa shape index (κ1) is 26.9. The number of carbonyl (C=O) groups excluding carboxylic acids is 1. The lowest BCUT2D eigenvalue weighted by atomic mass is 9.68. The third-order valence-electron chi connectivity index (χ3n) is 7.58. The average Bonchev–Trinajstić information content (AvgIpc) is 3.61. The molecule has 0 radical (unpaired) electrons. The Kier molecular flexibility index (Phi) is 7.72. The van der Waals surface area contributed by atoms with Crippen LogP contribution in [0.4, 0.5) is 0 Å². The molecule has 39 heavy (non-hydrogen) atoms. The van der Waals surface area contributed by atoms with Crippen LogP contribution in [-0.2, 0) is 23.7 Å². The predicted octanol–water partition coefficient (Wildman–Crippen LogP) is 5.08. The molecule has 0 aliphatic carbocycles. The smallest absolute Gasteiger partial charge is 0.213 e. The van der Waals surface area contributed by atoms with Gasteiger partial charge in [0.2, 0.25) is 6.41 Å². The fraction of sp³-hybridized carbons (Fsp3) is 0.333. The highest BCUT2D eigenvalue weighted by Gasteiger charge is 2.47. The maximum atomic E-state index is 11.3. The molecule has 1 aliphatic rings. The normalized spacial score (nSPS) is 20.3. The number of benzene rings is 2. The van der Waals surface area contributed by atoms with Crippen molar-refractivity contribution in [1.82, 2.24) is 34.0 Å². The number of fused-ring (bicyclic) bond motifs is 1. The fourth-order valence-corrected chi connectivity index (χ4v) is 6.83.